The Labute approximate surface area is 148 Å². The summed E-state index contributed by atoms with van der Waals surface area (Å²) in [6.45, 7) is 0. The van der Waals surface area contributed by atoms with Gasteiger partial charge in [0.2, 0.25) is 5.75 Å². The number of H-pyrrole nitrogens is 1. The summed E-state index contributed by atoms with van der Waals surface area (Å²) in [4.78, 5) is 21.7. The summed E-state index contributed by atoms with van der Waals surface area (Å²) in [6.07, 6.45) is -3.63. The number of aromatic amines is 1. The van der Waals surface area contributed by atoms with Gasteiger partial charge in [-0.3, -0.25) is 9.78 Å². The maximum atomic E-state index is 13.4. The van der Waals surface area contributed by atoms with E-state index >= 15 is 0 Å². The Morgan fingerprint density at radius 2 is 1.92 bits per heavy atom. The van der Waals surface area contributed by atoms with Crippen LogP contribution in [-0.2, 0) is 6.18 Å². The lowest BCUT2D eigenvalue weighted by molar-refractivity contribution is -0.142. The van der Waals surface area contributed by atoms with Crippen LogP contribution in [0.1, 0.15) is 5.69 Å². The first kappa shape index (κ1) is 17.9. The molecule has 0 amide bonds. The summed E-state index contributed by atoms with van der Waals surface area (Å²) in [7, 11) is 0. The minimum atomic E-state index is -4.98. The highest BCUT2D eigenvalue weighted by molar-refractivity contribution is 6.30. The lowest BCUT2D eigenvalue weighted by atomic mass is 10.3. The summed E-state index contributed by atoms with van der Waals surface area (Å²) >= 11 is 5.57. The number of benzene rings is 1. The summed E-state index contributed by atoms with van der Waals surface area (Å²) in [5.74, 6) is -2.49. The van der Waals surface area contributed by atoms with Crippen molar-refractivity contribution < 1.29 is 22.3 Å². The van der Waals surface area contributed by atoms with Crippen LogP contribution in [0.4, 0.5) is 17.6 Å². The molecule has 3 aromatic rings. The molecule has 0 aliphatic heterocycles. The largest absolute Gasteiger partial charge is 0.449 e. The molecule has 5 nitrogen and oxygen atoms in total. The normalized spacial score (nSPS) is 11.4. The molecule has 2 heterocycles. The minimum Gasteiger partial charge on any atom is -0.449 e. The van der Waals surface area contributed by atoms with E-state index in [1.165, 1.54) is 18.3 Å². The molecule has 0 unspecified atom stereocenters. The zero-order valence-corrected chi connectivity index (χ0v) is 13.4. The first-order valence-electron chi connectivity index (χ1n) is 7.01. The summed E-state index contributed by atoms with van der Waals surface area (Å²) in [6, 6.07) is 7.35. The van der Waals surface area contributed by atoms with E-state index in [-0.39, 0.29) is 22.3 Å². The molecule has 3 rings (SSSR count). The number of alkyl halides is 3. The fourth-order valence-corrected chi connectivity index (χ4v) is 2.20. The van der Waals surface area contributed by atoms with Crippen molar-refractivity contribution in [3.8, 4) is 23.0 Å². The number of hydrogen-bond acceptors (Lipinski definition) is 4. The Hall–Kier alpha value is -2.94. The molecule has 0 spiro atoms. The van der Waals surface area contributed by atoms with E-state index in [0.717, 1.165) is 18.2 Å². The van der Waals surface area contributed by atoms with Gasteiger partial charge in [0.15, 0.2) is 11.5 Å². The van der Waals surface area contributed by atoms with Gasteiger partial charge in [0.1, 0.15) is 17.3 Å². The quantitative estimate of drug-likeness (QED) is 0.677. The van der Waals surface area contributed by atoms with Crippen LogP contribution in [0.25, 0.3) is 11.5 Å². The van der Waals surface area contributed by atoms with Crippen LogP contribution in [0.2, 0.25) is 5.02 Å². The Balaban J connectivity index is 2.12. The highest BCUT2D eigenvalue weighted by Crippen LogP contribution is 2.36. The van der Waals surface area contributed by atoms with Gasteiger partial charge in [0, 0.05) is 12.3 Å². The third-order valence-corrected chi connectivity index (χ3v) is 3.45. The van der Waals surface area contributed by atoms with E-state index in [1.54, 1.807) is 6.07 Å². The van der Waals surface area contributed by atoms with Crippen molar-refractivity contribution in [1.29, 1.82) is 0 Å². The fourth-order valence-electron chi connectivity index (χ4n) is 2.03. The fraction of sp³-hybridized carbons (Fsp3) is 0.0625. The lowest BCUT2D eigenvalue weighted by Gasteiger charge is -2.13. The predicted molar refractivity (Wildman–Crippen MR) is 84.6 cm³/mol. The number of rotatable bonds is 3. The molecule has 1 aromatic carbocycles. The molecule has 0 saturated heterocycles. The smallest absolute Gasteiger partial charge is 0.437 e. The average molecular weight is 386 g/mol. The van der Waals surface area contributed by atoms with E-state index < -0.39 is 29.0 Å². The third kappa shape index (κ3) is 3.67. The molecular formula is C16H8ClF4N3O2. The van der Waals surface area contributed by atoms with Crippen molar-refractivity contribution in [2.45, 2.75) is 6.18 Å². The van der Waals surface area contributed by atoms with E-state index in [2.05, 4.69) is 15.0 Å². The van der Waals surface area contributed by atoms with E-state index in [1.807, 2.05) is 0 Å². The first-order chi connectivity index (χ1) is 12.3. The van der Waals surface area contributed by atoms with Crippen LogP contribution >= 0.6 is 11.6 Å². The first-order valence-corrected chi connectivity index (χ1v) is 7.39. The Bertz CT molecular complexity index is 1010. The molecule has 10 heteroatoms. The third-order valence-electron chi connectivity index (χ3n) is 3.16. The van der Waals surface area contributed by atoms with Crippen LogP contribution in [0, 0.1) is 5.82 Å². The van der Waals surface area contributed by atoms with Gasteiger partial charge < -0.3 is 9.72 Å². The lowest BCUT2D eigenvalue weighted by Crippen LogP contribution is -2.21. The molecule has 0 aliphatic rings. The number of halogens is 5. The zero-order chi connectivity index (χ0) is 18.9. The second-order valence-electron chi connectivity index (χ2n) is 4.98. The molecular weight excluding hydrogens is 378 g/mol. The van der Waals surface area contributed by atoms with Crippen molar-refractivity contribution >= 4 is 11.6 Å². The molecule has 0 saturated carbocycles. The number of ether oxygens (including phenoxy) is 1. The minimum absolute atomic E-state index is 0.0477. The highest BCUT2D eigenvalue weighted by atomic mass is 35.5. The van der Waals surface area contributed by atoms with Crippen molar-refractivity contribution in [3.63, 3.8) is 0 Å². The molecule has 0 atom stereocenters. The van der Waals surface area contributed by atoms with Gasteiger partial charge in [-0.1, -0.05) is 17.7 Å². The van der Waals surface area contributed by atoms with Gasteiger partial charge in [-0.25, -0.2) is 9.37 Å². The summed E-state index contributed by atoms with van der Waals surface area (Å²) in [5, 5.41) is -0.370. The molecule has 2 aromatic heterocycles. The molecule has 0 radical (unpaired) electrons. The highest BCUT2D eigenvalue weighted by Gasteiger charge is 2.39. The molecule has 1 N–H and O–H groups in total. The van der Waals surface area contributed by atoms with Crippen molar-refractivity contribution in [2.75, 3.05) is 0 Å². The van der Waals surface area contributed by atoms with E-state index in [4.69, 9.17) is 16.3 Å². The number of aromatic nitrogens is 3. The van der Waals surface area contributed by atoms with Crippen molar-refractivity contribution in [2.24, 2.45) is 0 Å². The molecule has 0 aliphatic carbocycles. The Morgan fingerprint density at radius 3 is 2.54 bits per heavy atom. The zero-order valence-electron chi connectivity index (χ0n) is 12.6. The molecule has 26 heavy (non-hydrogen) atoms. The number of nitrogens with zero attached hydrogens (tertiary/aromatic N) is 2. The van der Waals surface area contributed by atoms with E-state index in [0.29, 0.717) is 0 Å². The molecule has 134 valence electrons. The van der Waals surface area contributed by atoms with Gasteiger partial charge in [-0.05, 0) is 24.3 Å². The van der Waals surface area contributed by atoms with Crippen LogP contribution in [0.3, 0.4) is 0 Å². The van der Waals surface area contributed by atoms with Gasteiger partial charge in [0.25, 0.3) is 5.56 Å². The van der Waals surface area contributed by atoms with Crippen LogP contribution < -0.4 is 10.3 Å². The second-order valence-corrected chi connectivity index (χ2v) is 5.39. The van der Waals surface area contributed by atoms with Gasteiger partial charge in [0.05, 0.1) is 5.02 Å². The van der Waals surface area contributed by atoms with E-state index in [9.17, 15) is 22.4 Å². The van der Waals surface area contributed by atoms with Crippen molar-refractivity contribution in [3.05, 3.63) is 69.5 Å². The standard InChI is InChI=1S/C16H8ClF4N3O2/c17-9-7-8(4-5-10(9)18)26-12-13(16(19,20)21)23-14(24-15(12)25)11-3-1-2-6-22-11/h1-7H,(H,23,24,25). The van der Waals surface area contributed by atoms with Crippen LogP contribution in [0.15, 0.2) is 47.4 Å². The van der Waals surface area contributed by atoms with Gasteiger partial charge >= 0.3 is 6.18 Å². The Morgan fingerprint density at radius 1 is 1.15 bits per heavy atom. The summed E-state index contributed by atoms with van der Waals surface area (Å²) in [5.41, 5.74) is -2.66. The van der Waals surface area contributed by atoms with Crippen molar-refractivity contribution in [1.82, 2.24) is 15.0 Å². The number of hydrogen-bond donors (Lipinski definition) is 1. The number of pyridine rings is 1. The monoisotopic (exact) mass is 385 g/mol. The maximum Gasteiger partial charge on any atom is 0.437 e. The Kier molecular flexibility index (Phi) is 4.64. The average Bonchev–Trinajstić information content (AvgIpc) is 2.59. The molecule has 0 bridgehead atoms. The summed E-state index contributed by atoms with van der Waals surface area (Å²) < 4.78 is 58.3. The van der Waals surface area contributed by atoms with Gasteiger partial charge in [-0.15, -0.1) is 0 Å². The maximum absolute atomic E-state index is 13.4. The van der Waals surface area contributed by atoms with Crippen LogP contribution in [0.5, 0.6) is 11.5 Å². The number of nitrogens with one attached hydrogen (secondary N) is 1. The topological polar surface area (TPSA) is 67.9 Å². The molecule has 0 fully saturated rings. The SMILES string of the molecule is O=c1[nH]c(-c2ccccn2)nc(C(F)(F)F)c1Oc1ccc(F)c(Cl)c1. The van der Waals surface area contributed by atoms with Crippen LogP contribution in [-0.4, -0.2) is 15.0 Å². The second kappa shape index (κ2) is 6.75. The predicted octanol–water partition coefficient (Wildman–Crippen LogP) is 4.44. The van der Waals surface area contributed by atoms with Gasteiger partial charge in [-0.2, -0.15) is 13.2 Å².